The Morgan fingerprint density at radius 1 is 1.46 bits per heavy atom. The normalized spacial score (nSPS) is 10.9. The van der Waals surface area contributed by atoms with Gasteiger partial charge in [0.25, 0.3) is 0 Å². The van der Waals surface area contributed by atoms with Gasteiger partial charge in [0.2, 0.25) is 0 Å². The van der Waals surface area contributed by atoms with Gasteiger partial charge in [0.1, 0.15) is 5.58 Å². The summed E-state index contributed by atoms with van der Waals surface area (Å²) in [5.74, 6) is 4.99. The first-order valence-electron chi connectivity index (χ1n) is 4.09. The lowest BCUT2D eigenvalue weighted by Crippen LogP contribution is -1.98. The second-order valence-electron chi connectivity index (χ2n) is 3.06. The summed E-state index contributed by atoms with van der Waals surface area (Å²) in [4.78, 5) is 4.56. The van der Waals surface area contributed by atoms with Crippen LogP contribution < -0.4 is 5.90 Å². The summed E-state index contributed by atoms with van der Waals surface area (Å²) in [6, 6.07) is 5.90. The molecule has 0 unspecified atom stereocenters. The molecule has 0 aliphatic heterocycles. The zero-order chi connectivity index (χ0) is 9.26. The van der Waals surface area contributed by atoms with Crippen LogP contribution >= 0.6 is 0 Å². The molecule has 0 bridgehead atoms. The molecule has 0 saturated carbocycles. The van der Waals surface area contributed by atoms with Crippen molar-refractivity contribution < 1.29 is 9.25 Å². The zero-order valence-electron chi connectivity index (χ0n) is 7.41. The number of nitrogens with two attached hydrogens (primary N) is 1. The number of benzene rings is 1. The molecule has 0 saturated heterocycles. The van der Waals surface area contributed by atoms with Crippen LogP contribution in [-0.4, -0.2) is 0 Å². The standard InChI is InChI=1S/C10H11NO2/c1-7-5-12-10-3-2-8(6-13-11)4-9(7)10/h2-5H,6,11H2,1H3. The van der Waals surface area contributed by atoms with Crippen LogP contribution in [-0.2, 0) is 11.4 Å². The maximum Gasteiger partial charge on any atom is 0.134 e. The first-order chi connectivity index (χ1) is 6.31. The molecule has 0 amide bonds. The predicted molar refractivity (Wildman–Crippen MR) is 49.9 cm³/mol. The van der Waals surface area contributed by atoms with E-state index in [2.05, 4.69) is 4.84 Å². The van der Waals surface area contributed by atoms with Gasteiger partial charge in [0.05, 0.1) is 12.9 Å². The van der Waals surface area contributed by atoms with Crippen LogP contribution in [0.2, 0.25) is 0 Å². The van der Waals surface area contributed by atoms with Gasteiger partial charge < -0.3 is 4.42 Å². The van der Waals surface area contributed by atoms with Crippen molar-refractivity contribution in [1.82, 2.24) is 0 Å². The van der Waals surface area contributed by atoms with Gasteiger partial charge in [0, 0.05) is 5.39 Å². The average molecular weight is 177 g/mol. The fourth-order valence-corrected chi connectivity index (χ4v) is 1.39. The van der Waals surface area contributed by atoms with E-state index in [-0.39, 0.29) is 0 Å². The monoisotopic (exact) mass is 177 g/mol. The summed E-state index contributed by atoms with van der Waals surface area (Å²) in [6.07, 6.45) is 1.75. The van der Waals surface area contributed by atoms with Crippen molar-refractivity contribution in [2.75, 3.05) is 0 Å². The molecule has 1 aromatic heterocycles. The lowest BCUT2D eigenvalue weighted by molar-refractivity contribution is 0.124. The van der Waals surface area contributed by atoms with E-state index in [9.17, 15) is 0 Å². The van der Waals surface area contributed by atoms with E-state index >= 15 is 0 Å². The fraction of sp³-hybridized carbons (Fsp3) is 0.200. The highest BCUT2D eigenvalue weighted by Crippen LogP contribution is 2.21. The number of furan rings is 1. The SMILES string of the molecule is Cc1coc2ccc(CON)cc12. The Labute approximate surface area is 76.0 Å². The smallest absolute Gasteiger partial charge is 0.134 e. The van der Waals surface area contributed by atoms with Gasteiger partial charge in [0.15, 0.2) is 0 Å². The highest BCUT2D eigenvalue weighted by Gasteiger charge is 2.02. The van der Waals surface area contributed by atoms with Crippen molar-refractivity contribution in [3.8, 4) is 0 Å². The molecule has 3 nitrogen and oxygen atoms in total. The van der Waals surface area contributed by atoms with Crippen LogP contribution in [0.3, 0.4) is 0 Å². The molecule has 2 rings (SSSR count). The minimum absolute atomic E-state index is 0.431. The lowest BCUT2D eigenvalue weighted by atomic mass is 10.1. The number of rotatable bonds is 2. The van der Waals surface area contributed by atoms with Crippen molar-refractivity contribution in [2.24, 2.45) is 5.90 Å². The maximum atomic E-state index is 5.31. The number of hydrogen-bond acceptors (Lipinski definition) is 3. The van der Waals surface area contributed by atoms with E-state index in [0.717, 1.165) is 22.1 Å². The number of aryl methyl sites for hydroxylation is 1. The summed E-state index contributed by atoms with van der Waals surface area (Å²) in [5.41, 5.74) is 3.09. The molecule has 13 heavy (non-hydrogen) atoms. The average Bonchev–Trinajstić information content (AvgIpc) is 2.49. The zero-order valence-corrected chi connectivity index (χ0v) is 7.41. The van der Waals surface area contributed by atoms with Gasteiger partial charge in [-0.2, -0.15) is 0 Å². The van der Waals surface area contributed by atoms with E-state index in [0.29, 0.717) is 6.61 Å². The quantitative estimate of drug-likeness (QED) is 0.715. The van der Waals surface area contributed by atoms with E-state index < -0.39 is 0 Å². The molecule has 68 valence electrons. The molecule has 0 aliphatic rings. The summed E-state index contributed by atoms with van der Waals surface area (Å²) in [5, 5.41) is 1.12. The molecule has 0 spiro atoms. The molecule has 2 N–H and O–H groups in total. The molecule has 1 aromatic carbocycles. The Kier molecular flexibility index (Phi) is 2.04. The number of hydrogen-bond donors (Lipinski definition) is 1. The van der Waals surface area contributed by atoms with E-state index in [1.165, 1.54) is 0 Å². The highest BCUT2D eigenvalue weighted by molar-refractivity contribution is 5.81. The van der Waals surface area contributed by atoms with Gasteiger partial charge in [-0.3, -0.25) is 4.84 Å². The lowest BCUT2D eigenvalue weighted by Gasteiger charge is -1.98. The van der Waals surface area contributed by atoms with Gasteiger partial charge in [-0.1, -0.05) is 6.07 Å². The van der Waals surface area contributed by atoms with Crippen molar-refractivity contribution >= 4 is 11.0 Å². The third-order valence-corrected chi connectivity index (χ3v) is 2.08. The van der Waals surface area contributed by atoms with E-state index in [4.69, 9.17) is 10.3 Å². The molecule has 2 aromatic rings. The Bertz CT molecular complexity index is 420. The van der Waals surface area contributed by atoms with Gasteiger partial charge >= 0.3 is 0 Å². The topological polar surface area (TPSA) is 48.4 Å². The van der Waals surface area contributed by atoms with Crippen LogP contribution in [0.25, 0.3) is 11.0 Å². The molecular weight excluding hydrogens is 166 g/mol. The Hall–Kier alpha value is -1.32. The van der Waals surface area contributed by atoms with Crippen LogP contribution in [0.1, 0.15) is 11.1 Å². The molecule has 0 radical (unpaired) electrons. The molecule has 0 fully saturated rings. The first-order valence-corrected chi connectivity index (χ1v) is 4.09. The molecular formula is C10H11NO2. The summed E-state index contributed by atoms with van der Waals surface area (Å²) >= 11 is 0. The Balaban J connectivity index is 2.53. The highest BCUT2D eigenvalue weighted by atomic mass is 16.6. The Morgan fingerprint density at radius 3 is 3.08 bits per heavy atom. The van der Waals surface area contributed by atoms with E-state index in [1.54, 1.807) is 6.26 Å². The molecule has 0 aliphatic carbocycles. The molecule has 0 atom stereocenters. The van der Waals surface area contributed by atoms with Crippen LogP contribution in [0.15, 0.2) is 28.9 Å². The third-order valence-electron chi connectivity index (χ3n) is 2.08. The van der Waals surface area contributed by atoms with Crippen molar-refractivity contribution in [3.05, 3.63) is 35.6 Å². The molecule has 3 heteroatoms. The third kappa shape index (κ3) is 1.43. The van der Waals surface area contributed by atoms with Gasteiger partial charge in [-0.25, -0.2) is 5.90 Å². The minimum Gasteiger partial charge on any atom is -0.464 e. The first kappa shape index (κ1) is 8.29. The second kappa shape index (κ2) is 3.20. The van der Waals surface area contributed by atoms with Gasteiger partial charge in [-0.15, -0.1) is 0 Å². The van der Waals surface area contributed by atoms with Crippen LogP contribution in [0.5, 0.6) is 0 Å². The van der Waals surface area contributed by atoms with Crippen molar-refractivity contribution in [1.29, 1.82) is 0 Å². The largest absolute Gasteiger partial charge is 0.464 e. The predicted octanol–water partition coefficient (Wildman–Crippen LogP) is 2.13. The van der Waals surface area contributed by atoms with Crippen LogP contribution in [0.4, 0.5) is 0 Å². The summed E-state index contributed by atoms with van der Waals surface area (Å²) < 4.78 is 5.31. The Morgan fingerprint density at radius 2 is 2.31 bits per heavy atom. The van der Waals surface area contributed by atoms with Gasteiger partial charge in [-0.05, 0) is 30.2 Å². The fourth-order valence-electron chi connectivity index (χ4n) is 1.39. The second-order valence-corrected chi connectivity index (χ2v) is 3.06. The van der Waals surface area contributed by atoms with Crippen molar-refractivity contribution in [2.45, 2.75) is 13.5 Å². The summed E-state index contributed by atoms with van der Waals surface area (Å²) in [7, 11) is 0. The molecule has 1 heterocycles. The maximum absolute atomic E-state index is 5.31. The minimum atomic E-state index is 0.431. The van der Waals surface area contributed by atoms with Crippen molar-refractivity contribution in [3.63, 3.8) is 0 Å². The number of fused-ring (bicyclic) bond motifs is 1. The summed E-state index contributed by atoms with van der Waals surface area (Å²) in [6.45, 7) is 2.44. The van der Waals surface area contributed by atoms with Crippen LogP contribution in [0, 0.1) is 6.92 Å². The van der Waals surface area contributed by atoms with E-state index in [1.807, 2.05) is 25.1 Å².